The average Bonchev–Trinajstić information content (AvgIpc) is 4.24. The molecule has 14 aromatic rings. The summed E-state index contributed by atoms with van der Waals surface area (Å²) in [5.41, 5.74) is 20.9. The molecule has 2 nitrogen and oxygen atoms in total. The van der Waals surface area contributed by atoms with E-state index in [0.29, 0.717) is 0 Å². The smallest absolute Gasteiger partial charge is 0.0714 e. The summed E-state index contributed by atoms with van der Waals surface area (Å²) in [5, 5.41) is 7.43. The van der Waals surface area contributed by atoms with Gasteiger partial charge >= 0.3 is 0 Å². The van der Waals surface area contributed by atoms with Crippen LogP contribution in [0.3, 0.4) is 0 Å². The van der Waals surface area contributed by atoms with Crippen LogP contribution in [0.15, 0.2) is 303 Å². The van der Waals surface area contributed by atoms with E-state index in [-0.39, 0.29) is 0 Å². The molecule has 0 spiro atoms. The Balaban J connectivity index is 0.868. The van der Waals surface area contributed by atoms with Gasteiger partial charge in [-0.15, -0.1) is 0 Å². The van der Waals surface area contributed by atoms with Crippen LogP contribution >= 0.6 is 0 Å². The number of hydrogen-bond donors (Lipinski definition) is 0. The lowest BCUT2D eigenvalue weighted by Gasteiger charge is -2.35. The van der Waals surface area contributed by atoms with Crippen LogP contribution in [-0.4, -0.2) is 4.57 Å². The molecule has 0 bridgehead atoms. The van der Waals surface area contributed by atoms with Crippen LogP contribution in [0.1, 0.15) is 22.3 Å². The molecule has 0 fully saturated rings. The lowest BCUT2D eigenvalue weighted by Crippen LogP contribution is -2.28. The van der Waals surface area contributed by atoms with E-state index in [2.05, 4.69) is 313 Å². The fraction of sp³-hybridized carbons (Fsp3) is 0.0133. The Morgan fingerprint density at radius 2 is 0.792 bits per heavy atom. The van der Waals surface area contributed by atoms with E-state index in [1.807, 2.05) is 0 Å². The highest BCUT2D eigenvalue weighted by molar-refractivity contribution is 6.12. The summed E-state index contributed by atoms with van der Waals surface area (Å²) in [5.74, 6) is 0. The zero-order chi connectivity index (χ0) is 50.9. The van der Waals surface area contributed by atoms with Gasteiger partial charge in [0.15, 0.2) is 0 Å². The van der Waals surface area contributed by atoms with Gasteiger partial charge < -0.3 is 9.47 Å². The standard InChI is InChI=1S/C75H50N2/c1-3-25-60(26-4-1)75(61-27-5-2-6-28-61)70-33-13-11-31-66(70)67-44-43-64(50-71(67)75)76(62-41-38-52(39-42-62)58-37-36-51-18-7-8-20-54(51)46-58)63-29-16-24-57(48-63)55-22-15-23-56(47-55)59-40-45-74-69(49-59)68-32-12-14-34-73(68)77(74)72-35-17-21-53-19-9-10-30-65(53)72/h1-50H. The van der Waals surface area contributed by atoms with Gasteiger partial charge in [-0.2, -0.15) is 0 Å². The highest BCUT2D eigenvalue weighted by Crippen LogP contribution is 2.57. The molecule has 0 saturated carbocycles. The van der Waals surface area contributed by atoms with Crippen molar-refractivity contribution in [3.63, 3.8) is 0 Å². The summed E-state index contributed by atoms with van der Waals surface area (Å²) in [6, 6.07) is 112. The first-order valence-corrected chi connectivity index (χ1v) is 26.6. The number of benzene rings is 13. The van der Waals surface area contributed by atoms with Gasteiger partial charge in [0, 0.05) is 33.2 Å². The Bertz CT molecular complexity index is 4520. The van der Waals surface area contributed by atoms with Gasteiger partial charge in [0.2, 0.25) is 0 Å². The predicted molar refractivity (Wildman–Crippen MR) is 324 cm³/mol. The van der Waals surface area contributed by atoms with Crippen molar-refractivity contribution in [3.8, 4) is 50.2 Å². The molecule has 0 saturated heterocycles. The lowest BCUT2D eigenvalue weighted by atomic mass is 9.67. The minimum atomic E-state index is -0.536. The quantitative estimate of drug-likeness (QED) is 0.140. The third kappa shape index (κ3) is 7.25. The third-order valence-corrected chi connectivity index (χ3v) is 16.2. The first-order valence-electron chi connectivity index (χ1n) is 26.6. The second kappa shape index (κ2) is 18.1. The molecule has 15 rings (SSSR count). The van der Waals surface area contributed by atoms with Crippen LogP contribution in [0.25, 0.3) is 93.5 Å². The summed E-state index contributed by atoms with van der Waals surface area (Å²) < 4.78 is 2.44. The molecule has 0 amide bonds. The molecule has 360 valence electrons. The van der Waals surface area contributed by atoms with E-state index in [4.69, 9.17) is 0 Å². The Kier molecular flexibility index (Phi) is 10.5. The molecule has 2 heteroatoms. The van der Waals surface area contributed by atoms with E-state index in [1.165, 1.54) is 105 Å². The normalized spacial score (nSPS) is 12.5. The van der Waals surface area contributed by atoms with Gasteiger partial charge in [0.05, 0.1) is 22.1 Å². The second-order valence-corrected chi connectivity index (χ2v) is 20.4. The minimum absolute atomic E-state index is 0.536. The van der Waals surface area contributed by atoms with E-state index < -0.39 is 5.41 Å². The summed E-state index contributed by atoms with van der Waals surface area (Å²) in [6.07, 6.45) is 0. The Morgan fingerprint density at radius 3 is 1.58 bits per heavy atom. The zero-order valence-electron chi connectivity index (χ0n) is 42.3. The maximum absolute atomic E-state index is 2.47. The molecular weight excluding hydrogens is 929 g/mol. The van der Waals surface area contributed by atoms with Crippen molar-refractivity contribution in [2.24, 2.45) is 0 Å². The number of nitrogens with zero attached hydrogens (tertiary/aromatic N) is 2. The van der Waals surface area contributed by atoms with Crippen LogP contribution < -0.4 is 4.90 Å². The van der Waals surface area contributed by atoms with E-state index in [9.17, 15) is 0 Å². The van der Waals surface area contributed by atoms with Crippen LogP contribution in [0.5, 0.6) is 0 Å². The van der Waals surface area contributed by atoms with Gasteiger partial charge in [0.1, 0.15) is 0 Å². The molecule has 0 aliphatic heterocycles. The number of rotatable bonds is 9. The fourth-order valence-corrected chi connectivity index (χ4v) is 12.7. The Labute approximate surface area is 448 Å². The van der Waals surface area contributed by atoms with Crippen LogP contribution in [-0.2, 0) is 5.41 Å². The molecule has 0 radical (unpaired) electrons. The van der Waals surface area contributed by atoms with Gasteiger partial charge in [-0.25, -0.2) is 0 Å². The van der Waals surface area contributed by atoms with Crippen molar-refractivity contribution in [1.29, 1.82) is 0 Å². The Morgan fingerprint density at radius 1 is 0.260 bits per heavy atom. The van der Waals surface area contributed by atoms with Crippen molar-refractivity contribution < 1.29 is 0 Å². The van der Waals surface area contributed by atoms with Crippen molar-refractivity contribution in [3.05, 3.63) is 326 Å². The van der Waals surface area contributed by atoms with Crippen molar-refractivity contribution in [1.82, 2.24) is 4.57 Å². The van der Waals surface area contributed by atoms with Gasteiger partial charge in [-0.1, -0.05) is 231 Å². The number of anilines is 3. The minimum Gasteiger partial charge on any atom is -0.310 e. The van der Waals surface area contributed by atoms with Crippen LogP contribution in [0, 0.1) is 0 Å². The Hall–Kier alpha value is -10.0. The highest BCUT2D eigenvalue weighted by atomic mass is 15.1. The maximum atomic E-state index is 2.47. The van der Waals surface area contributed by atoms with Gasteiger partial charge in [-0.05, 0) is 156 Å². The first-order chi connectivity index (χ1) is 38.2. The second-order valence-electron chi connectivity index (χ2n) is 20.4. The molecular formula is C75H50N2. The number of fused-ring (bicyclic) bond motifs is 8. The van der Waals surface area contributed by atoms with Crippen molar-refractivity contribution in [2.45, 2.75) is 5.41 Å². The lowest BCUT2D eigenvalue weighted by molar-refractivity contribution is 0.768. The average molecular weight is 979 g/mol. The van der Waals surface area contributed by atoms with Crippen molar-refractivity contribution >= 4 is 60.4 Å². The summed E-state index contributed by atoms with van der Waals surface area (Å²) in [6.45, 7) is 0. The summed E-state index contributed by atoms with van der Waals surface area (Å²) in [7, 11) is 0. The molecule has 1 heterocycles. The number of para-hydroxylation sites is 1. The van der Waals surface area contributed by atoms with Gasteiger partial charge in [-0.3, -0.25) is 0 Å². The fourth-order valence-electron chi connectivity index (χ4n) is 12.7. The van der Waals surface area contributed by atoms with E-state index in [1.54, 1.807) is 0 Å². The molecule has 0 N–H and O–H groups in total. The van der Waals surface area contributed by atoms with Gasteiger partial charge in [0.25, 0.3) is 0 Å². The molecule has 1 aliphatic carbocycles. The van der Waals surface area contributed by atoms with Crippen LogP contribution in [0.4, 0.5) is 17.1 Å². The molecule has 77 heavy (non-hydrogen) atoms. The molecule has 1 aromatic heterocycles. The van der Waals surface area contributed by atoms with Crippen molar-refractivity contribution in [2.75, 3.05) is 4.90 Å². The highest BCUT2D eigenvalue weighted by Gasteiger charge is 2.46. The summed E-state index contributed by atoms with van der Waals surface area (Å²) >= 11 is 0. The third-order valence-electron chi connectivity index (χ3n) is 16.2. The summed E-state index contributed by atoms with van der Waals surface area (Å²) in [4.78, 5) is 2.45. The number of hydrogen-bond acceptors (Lipinski definition) is 1. The SMILES string of the molecule is c1ccc(C2(c3ccccc3)c3ccccc3-c3ccc(N(c4ccc(-c5ccc6ccccc6c5)cc4)c4cccc(-c5cccc(-c6ccc7c(c6)c6ccccc6n7-c6cccc7ccccc67)c5)c4)cc32)cc1. The topological polar surface area (TPSA) is 8.17 Å². The van der Waals surface area contributed by atoms with Crippen LogP contribution in [0.2, 0.25) is 0 Å². The largest absolute Gasteiger partial charge is 0.310 e. The zero-order valence-corrected chi connectivity index (χ0v) is 42.3. The monoisotopic (exact) mass is 978 g/mol. The molecule has 0 atom stereocenters. The van der Waals surface area contributed by atoms with E-state index >= 15 is 0 Å². The maximum Gasteiger partial charge on any atom is 0.0714 e. The molecule has 1 aliphatic rings. The first kappa shape index (κ1) is 44.5. The molecule has 13 aromatic carbocycles. The van der Waals surface area contributed by atoms with E-state index in [0.717, 1.165) is 28.2 Å². The number of aromatic nitrogens is 1. The molecule has 0 unspecified atom stereocenters. The predicted octanol–water partition coefficient (Wildman–Crippen LogP) is 19.9.